The number of hydrogen-bond donors (Lipinski definition) is 0. The van der Waals surface area contributed by atoms with Crippen molar-refractivity contribution in [2.75, 3.05) is 9.80 Å². The van der Waals surface area contributed by atoms with Crippen LogP contribution in [0, 0.1) is 0 Å². The maximum atomic E-state index is 7.20. The molecule has 4 heteroatoms. The summed E-state index contributed by atoms with van der Waals surface area (Å²) in [5, 5.41) is 1.21. The van der Waals surface area contributed by atoms with Crippen LogP contribution < -0.4 is 26.2 Å². The Morgan fingerprint density at radius 3 is 1.71 bits per heavy atom. The van der Waals surface area contributed by atoms with Gasteiger partial charge in [-0.3, -0.25) is 4.90 Å². The van der Waals surface area contributed by atoms with E-state index in [4.69, 9.17) is 4.42 Å². The average molecular weight is 739 g/mol. The molecule has 0 saturated carbocycles. The lowest BCUT2D eigenvalue weighted by Gasteiger charge is -2.44. The van der Waals surface area contributed by atoms with Gasteiger partial charge in [0.05, 0.1) is 0 Å². The first-order valence-corrected chi connectivity index (χ1v) is 20.9. The van der Waals surface area contributed by atoms with Crippen LogP contribution in [0.25, 0.3) is 11.0 Å². The molecule has 0 bridgehead atoms. The third kappa shape index (κ3) is 5.60. The Hall–Kier alpha value is -4.70. The van der Waals surface area contributed by atoms with E-state index in [1.165, 1.54) is 85.2 Å². The van der Waals surface area contributed by atoms with Crippen molar-refractivity contribution in [3.8, 4) is 0 Å². The van der Waals surface area contributed by atoms with Gasteiger partial charge in [-0.1, -0.05) is 132 Å². The van der Waals surface area contributed by atoms with Crippen LogP contribution in [-0.2, 0) is 27.1 Å². The number of anilines is 6. The topological polar surface area (TPSA) is 19.6 Å². The molecule has 1 aliphatic carbocycles. The Morgan fingerprint density at radius 2 is 1.07 bits per heavy atom. The lowest BCUT2D eigenvalue weighted by molar-refractivity contribution is 0.332. The van der Waals surface area contributed by atoms with E-state index in [1.54, 1.807) is 0 Å². The second kappa shape index (κ2) is 11.9. The predicted molar refractivity (Wildman–Crippen MR) is 242 cm³/mol. The van der Waals surface area contributed by atoms with Crippen molar-refractivity contribution in [1.29, 1.82) is 0 Å². The van der Waals surface area contributed by atoms with E-state index in [9.17, 15) is 0 Å². The summed E-state index contributed by atoms with van der Waals surface area (Å²) >= 11 is 0. The number of benzene rings is 5. The minimum atomic E-state index is -0.0148. The van der Waals surface area contributed by atoms with Gasteiger partial charge in [0.1, 0.15) is 5.58 Å². The summed E-state index contributed by atoms with van der Waals surface area (Å²) < 4.78 is 7.20. The van der Waals surface area contributed by atoms with Gasteiger partial charge in [0.2, 0.25) is 5.88 Å². The molecule has 0 saturated heterocycles. The molecule has 0 amide bonds. The fraction of sp³-hybridized carbons (Fsp3) is 0.385. The largest absolute Gasteiger partial charge is 0.440 e. The first kappa shape index (κ1) is 36.9. The van der Waals surface area contributed by atoms with Crippen LogP contribution in [0.2, 0.25) is 0 Å². The summed E-state index contributed by atoms with van der Waals surface area (Å²) in [5.41, 5.74) is 18.0. The Kier molecular flexibility index (Phi) is 7.85. The molecule has 56 heavy (non-hydrogen) atoms. The molecule has 1 aromatic heterocycles. The first-order valence-electron chi connectivity index (χ1n) is 20.9. The van der Waals surface area contributed by atoms with Crippen LogP contribution in [0.15, 0.2) is 101 Å². The Morgan fingerprint density at radius 1 is 0.518 bits per heavy atom. The van der Waals surface area contributed by atoms with Crippen molar-refractivity contribution in [3.05, 3.63) is 125 Å². The molecule has 9 rings (SSSR count). The minimum Gasteiger partial charge on any atom is -0.440 e. The normalized spacial score (nSPS) is 17.1. The van der Waals surface area contributed by atoms with E-state index in [0.717, 1.165) is 17.2 Å². The summed E-state index contributed by atoms with van der Waals surface area (Å²) in [6.45, 7) is 30.5. The highest BCUT2D eigenvalue weighted by Gasteiger charge is 2.47. The molecule has 3 aliphatic rings. The average Bonchev–Trinajstić information content (AvgIpc) is 3.50. The van der Waals surface area contributed by atoms with E-state index >= 15 is 0 Å². The highest BCUT2D eigenvalue weighted by molar-refractivity contribution is 7.01. The standard InChI is InChI=1S/C52H59BN2O/c1-48(2,3)32-17-21-35(22-18-32)54-41-25-19-34(50(7,8)9)30-40(41)53-45-37-29-33(49(4,5)6)20-26-44(37)56-47(45)55(43-16-14-15-42(54)46(43)53)36-23-24-38-39(31-36)52(12,13)28-27-51(38,10)11/h14-26,29-31H,27-28H2,1-13H3. The van der Waals surface area contributed by atoms with Gasteiger partial charge in [-0.15, -0.1) is 0 Å². The van der Waals surface area contributed by atoms with Crippen molar-refractivity contribution in [2.45, 2.75) is 130 Å². The summed E-state index contributed by atoms with van der Waals surface area (Å²) in [6.07, 6.45) is 2.36. The van der Waals surface area contributed by atoms with Crippen molar-refractivity contribution in [2.24, 2.45) is 0 Å². The SMILES string of the molecule is CC(C)(C)c1ccc(N2c3ccc(C(C)(C)C)cc3B3c4c2cccc4N(c2ccc4c(c2)C(C)(C)CCC4(C)C)c2oc4ccc(C(C)(C)C)cc4c23)cc1. The maximum absolute atomic E-state index is 7.20. The first-order chi connectivity index (χ1) is 26.1. The number of rotatable bonds is 2. The quantitative estimate of drug-likeness (QED) is 0.165. The number of furan rings is 1. The molecule has 0 atom stereocenters. The Bertz CT molecular complexity index is 2550. The van der Waals surface area contributed by atoms with Gasteiger partial charge in [-0.05, 0) is 133 Å². The fourth-order valence-electron chi connectivity index (χ4n) is 9.75. The van der Waals surface area contributed by atoms with Crippen LogP contribution in [0.5, 0.6) is 0 Å². The van der Waals surface area contributed by atoms with Gasteiger partial charge in [-0.2, -0.15) is 0 Å². The second-order valence-electron chi connectivity index (χ2n) is 21.4. The van der Waals surface area contributed by atoms with Gasteiger partial charge in [0.15, 0.2) is 0 Å². The molecule has 0 fully saturated rings. The maximum Gasteiger partial charge on any atom is 0.257 e. The lowest BCUT2D eigenvalue weighted by atomic mass is 9.33. The van der Waals surface area contributed by atoms with Crippen LogP contribution in [0.4, 0.5) is 34.3 Å². The van der Waals surface area contributed by atoms with Gasteiger partial charge >= 0.3 is 0 Å². The van der Waals surface area contributed by atoms with Crippen LogP contribution >= 0.6 is 0 Å². The number of hydrogen-bond acceptors (Lipinski definition) is 3. The monoisotopic (exact) mass is 738 g/mol. The van der Waals surface area contributed by atoms with Crippen LogP contribution in [-0.4, -0.2) is 6.71 Å². The van der Waals surface area contributed by atoms with Gasteiger partial charge in [-0.25, -0.2) is 0 Å². The number of nitrogens with zero attached hydrogens (tertiary/aromatic N) is 2. The predicted octanol–water partition coefficient (Wildman–Crippen LogP) is 12.8. The molecular formula is C52H59BN2O. The molecule has 0 radical (unpaired) electrons. The molecule has 3 heterocycles. The fourth-order valence-corrected chi connectivity index (χ4v) is 9.75. The lowest BCUT2D eigenvalue weighted by Crippen LogP contribution is -2.61. The zero-order valence-electron chi connectivity index (χ0n) is 36.0. The smallest absolute Gasteiger partial charge is 0.257 e. The van der Waals surface area contributed by atoms with Crippen molar-refractivity contribution < 1.29 is 4.42 Å². The summed E-state index contributed by atoms with van der Waals surface area (Å²) in [7, 11) is 0. The highest BCUT2D eigenvalue weighted by atomic mass is 16.4. The van der Waals surface area contributed by atoms with E-state index in [-0.39, 0.29) is 33.8 Å². The Labute approximate surface area is 336 Å². The van der Waals surface area contributed by atoms with Crippen molar-refractivity contribution in [3.63, 3.8) is 0 Å². The van der Waals surface area contributed by atoms with Crippen LogP contribution in [0.1, 0.15) is 131 Å². The molecule has 6 aromatic rings. The molecule has 286 valence electrons. The Balaban J connectivity index is 1.38. The molecule has 3 nitrogen and oxygen atoms in total. The second-order valence-corrected chi connectivity index (χ2v) is 21.4. The van der Waals surface area contributed by atoms with E-state index in [2.05, 4.69) is 197 Å². The van der Waals surface area contributed by atoms with Gasteiger partial charge < -0.3 is 9.32 Å². The summed E-state index contributed by atoms with van der Waals surface area (Å²) in [6, 6.07) is 37.6. The molecule has 0 spiro atoms. The van der Waals surface area contributed by atoms with Crippen molar-refractivity contribution >= 4 is 68.4 Å². The number of fused-ring (bicyclic) bond motifs is 7. The third-order valence-corrected chi connectivity index (χ3v) is 13.4. The highest BCUT2D eigenvalue weighted by Crippen LogP contribution is 2.50. The minimum absolute atomic E-state index is 0.00740. The van der Waals surface area contributed by atoms with E-state index < -0.39 is 0 Å². The van der Waals surface area contributed by atoms with E-state index in [0.29, 0.717) is 0 Å². The third-order valence-electron chi connectivity index (χ3n) is 13.4. The molecule has 0 N–H and O–H groups in total. The summed E-state index contributed by atoms with van der Waals surface area (Å²) in [4.78, 5) is 4.98. The van der Waals surface area contributed by atoms with Crippen LogP contribution in [0.3, 0.4) is 0 Å². The molecular weight excluding hydrogens is 679 g/mol. The summed E-state index contributed by atoms with van der Waals surface area (Å²) in [5.74, 6) is 0.934. The zero-order chi connectivity index (χ0) is 39.9. The molecule has 2 aliphatic heterocycles. The molecule has 5 aromatic carbocycles. The van der Waals surface area contributed by atoms with Gasteiger partial charge in [0, 0.05) is 39.3 Å². The van der Waals surface area contributed by atoms with E-state index in [1.807, 2.05) is 0 Å². The van der Waals surface area contributed by atoms with Gasteiger partial charge in [0.25, 0.3) is 6.71 Å². The zero-order valence-corrected chi connectivity index (χ0v) is 36.0. The van der Waals surface area contributed by atoms with Crippen molar-refractivity contribution in [1.82, 2.24) is 0 Å². The molecule has 0 unspecified atom stereocenters.